The first-order valence-corrected chi connectivity index (χ1v) is 6.40. The van der Waals surface area contributed by atoms with Crippen LogP contribution in [0.25, 0.3) is 0 Å². The van der Waals surface area contributed by atoms with Gasteiger partial charge < -0.3 is 9.47 Å². The number of thiophene rings is 1. The van der Waals surface area contributed by atoms with Crippen molar-refractivity contribution < 1.29 is 9.47 Å². The third-order valence-electron chi connectivity index (χ3n) is 2.79. The predicted molar refractivity (Wildman–Crippen MR) is 63.2 cm³/mol. The largest absolute Gasteiger partial charge is 0.485 e. The second kappa shape index (κ2) is 4.05. The van der Waals surface area contributed by atoms with Gasteiger partial charge in [-0.05, 0) is 6.42 Å². The van der Waals surface area contributed by atoms with Crippen LogP contribution in [0.4, 0.5) is 0 Å². The maximum atomic E-state index is 5.71. The van der Waals surface area contributed by atoms with Gasteiger partial charge in [0.15, 0.2) is 11.5 Å². The van der Waals surface area contributed by atoms with E-state index in [9.17, 15) is 0 Å². The Labute approximate surface area is 95.2 Å². The standard InChI is InChI=1S/C12H18O2S/c1-4-5-12(2,3)11-10-9(8-15-11)13-6-7-14-10/h8H,4-7H2,1-3H3. The molecule has 2 nitrogen and oxygen atoms in total. The summed E-state index contributed by atoms with van der Waals surface area (Å²) in [6.07, 6.45) is 2.38. The van der Waals surface area contributed by atoms with Gasteiger partial charge in [-0.1, -0.05) is 27.2 Å². The average molecular weight is 226 g/mol. The summed E-state index contributed by atoms with van der Waals surface area (Å²) in [5.74, 6) is 1.93. The highest BCUT2D eigenvalue weighted by Gasteiger charge is 2.29. The van der Waals surface area contributed by atoms with Crippen LogP contribution >= 0.6 is 11.3 Å². The molecule has 1 aromatic heterocycles. The fourth-order valence-electron chi connectivity index (χ4n) is 2.07. The van der Waals surface area contributed by atoms with Crippen LogP contribution in [0.15, 0.2) is 5.38 Å². The Kier molecular flexibility index (Phi) is 2.91. The van der Waals surface area contributed by atoms with E-state index in [1.807, 2.05) is 0 Å². The van der Waals surface area contributed by atoms with Crippen molar-refractivity contribution in [3.8, 4) is 11.5 Å². The molecule has 15 heavy (non-hydrogen) atoms. The van der Waals surface area contributed by atoms with Gasteiger partial charge in [0.2, 0.25) is 0 Å². The van der Waals surface area contributed by atoms with Crippen molar-refractivity contribution in [2.75, 3.05) is 13.2 Å². The number of rotatable bonds is 3. The monoisotopic (exact) mass is 226 g/mol. The fraction of sp³-hybridized carbons (Fsp3) is 0.667. The second-order valence-electron chi connectivity index (χ2n) is 4.59. The molecule has 0 unspecified atom stereocenters. The minimum absolute atomic E-state index is 0.202. The molecule has 2 rings (SSSR count). The first kappa shape index (κ1) is 10.8. The fourth-order valence-corrected chi connectivity index (χ4v) is 3.16. The topological polar surface area (TPSA) is 18.5 Å². The van der Waals surface area contributed by atoms with Crippen LogP contribution in [-0.4, -0.2) is 13.2 Å². The lowest BCUT2D eigenvalue weighted by molar-refractivity contribution is 0.170. The van der Waals surface area contributed by atoms with E-state index >= 15 is 0 Å². The van der Waals surface area contributed by atoms with E-state index in [4.69, 9.17) is 9.47 Å². The van der Waals surface area contributed by atoms with Gasteiger partial charge in [0.05, 0.1) is 4.88 Å². The van der Waals surface area contributed by atoms with Gasteiger partial charge in [-0.2, -0.15) is 0 Å². The molecule has 1 aliphatic heterocycles. The van der Waals surface area contributed by atoms with Crippen molar-refractivity contribution >= 4 is 11.3 Å². The van der Waals surface area contributed by atoms with Crippen molar-refractivity contribution in [2.24, 2.45) is 0 Å². The Hall–Kier alpha value is -0.700. The van der Waals surface area contributed by atoms with Gasteiger partial charge in [0.1, 0.15) is 13.2 Å². The summed E-state index contributed by atoms with van der Waals surface area (Å²) in [6.45, 7) is 8.14. The highest BCUT2D eigenvalue weighted by molar-refractivity contribution is 7.10. The molecule has 0 spiro atoms. The summed E-state index contributed by atoms with van der Waals surface area (Å²) in [7, 11) is 0. The van der Waals surface area contributed by atoms with Crippen molar-refractivity contribution in [3.05, 3.63) is 10.3 Å². The van der Waals surface area contributed by atoms with Gasteiger partial charge in [0.25, 0.3) is 0 Å². The average Bonchev–Trinajstić information content (AvgIpc) is 2.61. The maximum Gasteiger partial charge on any atom is 0.175 e. The van der Waals surface area contributed by atoms with Crippen molar-refractivity contribution in [1.29, 1.82) is 0 Å². The lowest BCUT2D eigenvalue weighted by atomic mass is 9.86. The highest BCUT2D eigenvalue weighted by atomic mass is 32.1. The molecule has 0 saturated heterocycles. The van der Waals surface area contributed by atoms with Crippen LogP contribution in [-0.2, 0) is 5.41 Å². The Morgan fingerprint density at radius 1 is 1.33 bits per heavy atom. The smallest absolute Gasteiger partial charge is 0.175 e. The molecule has 0 aromatic carbocycles. The van der Waals surface area contributed by atoms with Crippen LogP contribution in [0.3, 0.4) is 0 Å². The van der Waals surface area contributed by atoms with Crippen LogP contribution in [0.1, 0.15) is 38.5 Å². The highest BCUT2D eigenvalue weighted by Crippen LogP contribution is 2.46. The summed E-state index contributed by atoms with van der Waals surface area (Å²) in [6, 6.07) is 0. The molecule has 0 aliphatic carbocycles. The molecule has 0 saturated carbocycles. The van der Waals surface area contributed by atoms with Crippen molar-refractivity contribution in [3.63, 3.8) is 0 Å². The molecule has 0 N–H and O–H groups in total. The van der Waals surface area contributed by atoms with Crippen molar-refractivity contribution in [2.45, 2.75) is 39.0 Å². The Morgan fingerprint density at radius 2 is 2.07 bits per heavy atom. The Morgan fingerprint density at radius 3 is 2.80 bits per heavy atom. The molecule has 1 aliphatic rings. The van der Waals surface area contributed by atoms with E-state index in [0.29, 0.717) is 13.2 Å². The van der Waals surface area contributed by atoms with E-state index in [2.05, 4.69) is 26.2 Å². The maximum absolute atomic E-state index is 5.71. The molecule has 1 aromatic rings. The molecule has 0 amide bonds. The third kappa shape index (κ3) is 1.98. The van der Waals surface area contributed by atoms with Gasteiger partial charge >= 0.3 is 0 Å². The second-order valence-corrected chi connectivity index (χ2v) is 5.47. The zero-order chi connectivity index (χ0) is 10.9. The van der Waals surface area contributed by atoms with E-state index in [0.717, 1.165) is 11.5 Å². The predicted octanol–water partition coefficient (Wildman–Crippen LogP) is 3.60. The minimum Gasteiger partial charge on any atom is -0.485 e. The van der Waals surface area contributed by atoms with E-state index in [-0.39, 0.29) is 5.41 Å². The van der Waals surface area contributed by atoms with Crippen LogP contribution in [0, 0.1) is 0 Å². The molecular weight excluding hydrogens is 208 g/mol. The zero-order valence-electron chi connectivity index (χ0n) is 9.63. The first-order valence-electron chi connectivity index (χ1n) is 5.52. The first-order chi connectivity index (χ1) is 7.15. The lowest BCUT2D eigenvalue weighted by Crippen LogP contribution is -2.20. The normalized spacial score (nSPS) is 15.4. The van der Waals surface area contributed by atoms with Gasteiger partial charge in [0, 0.05) is 10.8 Å². The quantitative estimate of drug-likeness (QED) is 0.784. The van der Waals surface area contributed by atoms with Crippen LogP contribution in [0.2, 0.25) is 0 Å². The molecule has 3 heteroatoms. The SMILES string of the molecule is CCCC(C)(C)c1scc2c1OCCO2. The molecular formula is C12H18O2S. The molecule has 84 valence electrons. The number of hydrogen-bond acceptors (Lipinski definition) is 3. The summed E-state index contributed by atoms with van der Waals surface area (Å²) in [5, 5.41) is 2.07. The molecule has 0 radical (unpaired) electrons. The summed E-state index contributed by atoms with van der Waals surface area (Å²) < 4.78 is 11.3. The van der Waals surface area contributed by atoms with Gasteiger partial charge in [-0.25, -0.2) is 0 Å². The molecule has 0 bridgehead atoms. The molecule has 0 atom stereocenters. The zero-order valence-corrected chi connectivity index (χ0v) is 10.4. The number of ether oxygens (including phenoxy) is 2. The Balaban J connectivity index is 2.32. The lowest BCUT2D eigenvalue weighted by Gasteiger charge is -2.25. The summed E-state index contributed by atoms with van der Waals surface area (Å²) in [5.41, 5.74) is 0.202. The third-order valence-corrected chi connectivity index (χ3v) is 4.10. The van der Waals surface area contributed by atoms with E-state index in [1.54, 1.807) is 11.3 Å². The van der Waals surface area contributed by atoms with Crippen LogP contribution < -0.4 is 9.47 Å². The van der Waals surface area contributed by atoms with Crippen LogP contribution in [0.5, 0.6) is 11.5 Å². The minimum atomic E-state index is 0.202. The Bertz CT molecular complexity index is 341. The summed E-state index contributed by atoms with van der Waals surface area (Å²) in [4.78, 5) is 1.33. The van der Waals surface area contributed by atoms with Gasteiger partial charge in [-0.15, -0.1) is 11.3 Å². The van der Waals surface area contributed by atoms with Crippen molar-refractivity contribution in [1.82, 2.24) is 0 Å². The van der Waals surface area contributed by atoms with Gasteiger partial charge in [-0.3, -0.25) is 0 Å². The van der Waals surface area contributed by atoms with E-state index < -0.39 is 0 Å². The summed E-state index contributed by atoms with van der Waals surface area (Å²) >= 11 is 1.76. The molecule has 0 fully saturated rings. The van der Waals surface area contributed by atoms with E-state index in [1.165, 1.54) is 17.7 Å². The molecule has 2 heterocycles. The number of hydrogen-bond donors (Lipinski definition) is 0. The number of fused-ring (bicyclic) bond motifs is 1.